The third-order valence-corrected chi connectivity index (χ3v) is 18.6. The van der Waals surface area contributed by atoms with Crippen LogP contribution in [-0.4, -0.2) is 168 Å². The first-order valence-electron chi connectivity index (χ1n) is 39.0. The first-order valence-corrected chi connectivity index (χ1v) is 39.3. The highest BCUT2D eigenvalue weighted by molar-refractivity contribution is 6.31. The fraction of sp³-hybridized carbons (Fsp3) is 0.174. The molecule has 0 aliphatic heterocycles. The Kier molecular flexibility index (Phi) is 30.0. The van der Waals surface area contributed by atoms with Crippen molar-refractivity contribution in [2.45, 2.75) is 73.6 Å². The molecule has 0 unspecified atom stereocenters. The molecule has 5 N–H and O–H groups in total. The smallest absolute Gasteiger partial charge is 0.333 e. The van der Waals surface area contributed by atoms with Gasteiger partial charge in [-0.3, -0.25) is 10.1 Å². The highest BCUT2D eigenvalue weighted by atomic mass is 35.5. The standard InChI is InChI=1S/C19H16N4O3.C19H19N3O3.C18H16ClN3O3.C18H16N4O5.C18H17N3O3/c1-12(2)19(25)26-8-7-13-4-6-18(24)17(10-13)23-21-15-5-3-14(11-20)9-16(15)22-23;1-12(2)19(24)25-9-8-14-5-7-18(23)17(11-14)22-20-15-6-4-13(3)10-16(15)21-22;1-11(2)18(24)25-8-7-12-3-6-17(23)16(9-12)22-20-14-5-4-13(19)10-15(14)21-22;1-11(2)18(24)27-8-7-12-3-6-17(23)16(9-12)21-19-14-5-4-13(22(25)26)10-15(14)20-21;1-12(2)18(23)24-10-9-13-7-8-17(22)16(11-13)21-19-14-5-3-4-6-15(14)20-21/h3-6,9-10,24H,1,7-8H2,2H3;4-7,10-11,23H,1,8-9H2,2-3H3;3-6,9-10,23H,1,7-8H2,2H3;3-6,9-10,23H,1,7-8H2,2H3;3-8,11,22H,1,9-10H2,2H3. The number of nitrogens with zero attached hydrogens (tertiary/aromatic N) is 17. The number of aryl methyl sites for hydroxylation is 1. The van der Waals surface area contributed by atoms with E-state index >= 15 is 0 Å². The topological polar surface area (TPSA) is 453 Å². The lowest BCUT2D eigenvalue weighted by atomic mass is 10.1. The molecule has 127 heavy (non-hydrogen) atoms. The Labute approximate surface area is 729 Å². The van der Waals surface area contributed by atoms with Crippen LogP contribution in [0.5, 0.6) is 28.7 Å². The monoisotopic (exact) mass is 1730 g/mol. The Balaban J connectivity index is 0.000000154. The van der Waals surface area contributed by atoms with E-state index in [2.05, 4.69) is 90.0 Å². The Morgan fingerprint density at radius 2 is 0.606 bits per heavy atom. The second kappa shape index (κ2) is 41.8. The number of rotatable bonds is 26. The summed E-state index contributed by atoms with van der Waals surface area (Å²) in [6, 6.07) is 54.9. The third kappa shape index (κ3) is 24.4. The lowest BCUT2D eigenvalue weighted by Crippen LogP contribution is -2.08. The van der Waals surface area contributed by atoms with Crippen LogP contribution in [0.1, 0.15) is 73.6 Å². The second-order valence-electron chi connectivity index (χ2n) is 28.8. The minimum absolute atomic E-state index is 0.0218. The number of nitro benzene ring substituents is 1. The molecule has 34 nitrogen and oxygen atoms in total. The van der Waals surface area contributed by atoms with Crippen LogP contribution < -0.4 is 0 Å². The molecule has 0 spiro atoms. The summed E-state index contributed by atoms with van der Waals surface area (Å²) in [5.74, 6) is -1.94. The van der Waals surface area contributed by atoms with E-state index in [1.165, 1.54) is 48.2 Å². The molecular formula is C92H84ClN17O17. The van der Waals surface area contributed by atoms with Crippen molar-refractivity contribution in [3.8, 4) is 63.3 Å². The Hall–Kier alpha value is -16.6. The number of ether oxygens (including phenoxy) is 5. The van der Waals surface area contributed by atoms with Gasteiger partial charge in [-0.2, -0.15) is 5.26 Å². The quantitative estimate of drug-likeness (QED) is 0.0110. The van der Waals surface area contributed by atoms with Gasteiger partial charge < -0.3 is 49.2 Å². The summed E-state index contributed by atoms with van der Waals surface area (Å²) in [7, 11) is 0. The number of esters is 5. The molecular weight excluding hydrogens is 1650 g/mol. The van der Waals surface area contributed by atoms with Crippen LogP contribution in [0.25, 0.3) is 83.6 Å². The average Bonchev–Trinajstić information content (AvgIpc) is 1.68. The summed E-state index contributed by atoms with van der Waals surface area (Å²) < 4.78 is 25.4. The molecule has 0 aliphatic carbocycles. The zero-order valence-corrected chi connectivity index (χ0v) is 70.4. The molecule has 5 heterocycles. The largest absolute Gasteiger partial charge is 0.506 e. The van der Waals surface area contributed by atoms with Gasteiger partial charge in [0.1, 0.15) is 112 Å². The third-order valence-electron chi connectivity index (χ3n) is 18.4. The van der Waals surface area contributed by atoms with Crippen LogP contribution in [-0.2, 0) is 79.8 Å². The number of nitro groups is 1. The Bertz CT molecular complexity index is 6630. The van der Waals surface area contributed by atoms with E-state index in [4.69, 9.17) is 40.5 Å². The van der Waals surface area contributed by atoms with Crippen LogP contribution in [0.3, 0.4) is 0 Å². The van der Waals surface area contributed by atoms with Gasteiger partial charge in [0, 0.05) is 77.1 Å². The van der Waals surface area contributed by atoms with E-state index in [1.807, 2.05) is 49.4 Å². The number of non-ortho nitro benzene ring substituents is 1. The maximum atomic E-state index is 11.4. The van der Waals surface area contributed by atoms with Crippen molar-refractivity contribution in [3.63, 3.8) is 0 Å². The minimum Gasteiger partial charge on any atom is -0.506 e. The highest BCUT2D eigenvalue weighted by Gasteiger charge is 2.20. The number of carbonyl (C=O) groups is 5. The number of aromatic hydroxyl groups is 5. The van der Waals surface area contributed by atoms with Gasteiger partial charge in [-0.15, -0.1) is 75.0 Å². The van der Waals surface area contributed by atoms with Gasteiger partial charge in [0.2, 0.25) is 0 Å². The maximum Gasteiger partial charge on any atom is 0.333 e. The molecule has 0 fully saturated rings. The van der Waals surface area contributed by atoms with Crippen molar-refractivity contribution in [2.24, 2.45) is 0 Å². The van der Waals surface area contributed by atoms with Crippen LogP contribution in [0.4, 0.5) is 5.69 Å². The number of nitriles is 1. The van der Waals surface area contributed by atoms with Crippen LogP contribution >= 0.6 is 11.6 Å². The number of hydrogen-bond acceptors (Lipinski definition) is 28. The van der Waals surface area contributed by atoms with Gasteiger partial charge in [-0.05, 0) is 202 Å². The molecule has 0 atom stereocenters. The molecule has 646 valence electrons. The van der Waals surface area contributed by atoms with E-state index in [1.54, 1.807) is 156 Å². The molecule has 0 aliphatic rings. The summed E-state index contributed by atoms with van der Waals surface area (Å²) in [5, 5.41) is 114. The fourth-order valence-electron chi connectivity index (χ4n) is 11.7. The molecule has 35 heteroatoms. The van der Waals surface area contributed by atoms with Crippen molar-refractivity contribution in [1.82, 2.24) is 75.0 Å². The van der Waals surface area contributed by atoms with Crippen LogP contribution in [0.2, 0.25) is 5.02 Å². The summed E-state index contributed by atoms with van der Waals surface area (Å²) in [6.07, 6.45) is 2.45. The van der Waals surface area contributed by atoms with Gasteiger partial charge in [-0.25, -0.2) is 24.0 Å². The number of phenols is 5. The number of benzene rings is 10. The summed E-state index contributed by atoms with van der Waals surface area (Å²) in [5.41, 5.74) is 16.0. The van der Waals surface area contributed by atoms with Gasteiger partial charge in [0.25, 0.3) is 5.69 Å². The number of hydrogen-bond donors (Lipinski definition) is 5. The van der Waals surface area contributed by atoms with Crippen molar-refractivity contribution in [1.29, 1.82) is 5.26 Å². The predicted molar refractivity (Wildman–Crippen MR) is 471 cm³/mol. The van der Waals surface area contributed by atoms with E-state index in [0.717, 1.165) is 55.4 Å². The minimum atomic E-state index is -0.511. The Morgan fingerprint density at radius 1 is 0.354 bits per heavy atom. The average molecular weight is 1740 g/mol. The van der Waals surface area contributed by atoms with Crippen molar-refractivity contribution < 1.29 is 78.1 Å². The van der Waals surface area contributed by atoms with Crippen LogP contribution in [0.15, 0.2) is 249 Å². The molecule has 15 rings (SSSR count). The molecule has 0 bridgehead atoms. The zero-order chi connectivity index (χ0) is 91.3. The van der Waals surface area contributed by atoms with Gasteiger partial charge in [0.15, 0.2) is 0 Å². The molecule has 0 saturated carbocycles. The summed E-state index contributed by atoms with van der Waals surface area (Å²) >= 11 is 5.96. The molecule has 0 amide bonds. The van der Waals surface area contributed by atoms with Gasteiger partial charge >= 0.3 is 29.8 Å². The van der Waals surface area contributed by atoms with Crippen molar-refractivity contribution in [2.75, 3.05) is 33.0 Å². The van der Waals surface area contributed by atoms with E-state index < -0.39 is 34.8 Å². The van der Waals surface area contributed by atoms with E-state index in [9.17, 15) is 59.6 Å². The predicted octanol–water partition coefficient (Wildman–Crippen LogP) is 14.7. The van der Waals surface area contributed by atoms with Crippen molar-refractivity contribution in [3.05, 3.63) is 303 Å². The second-order valence-corrected chi connectivity index (χ2v) is 29.2. The number of phenolic OH excluding ortho intramolecular Hbond substituents is 5. The van der Waals surface area contributed by atoms with E-state index in [-0.39, 0.29) is 67.5 Å². The lowest BCUT2D eigenvalue weighted by Gasteiger charge is -2.08. The van der Waals surface area contributed by atoms with Crippen molar-refractivity contribution >= 4 is 102 Å². The normalized spacial score (nSPS) is 10.7. The number of fused-ring (bicyclic) bond motifs is 5. The maximum absolute atomic E-state index is 11.4. The Morgan fingerprint density at radius 3 is 0.898 bits per heavy atom. The summed E-state index contributed by atoms with van der Waals surface area (Å²) in [6.45, 7) is 28.7. The highest BCUT2D eigenvalue weighted by Crippen LogP contribution is 2.31. The number of halogens is 1. The molecule has 15 aromatic rings. The van der Waals surface area contributed by atoms with Gasteiger partial charge in [-0.1, -0.05) is 93.0 Å². The lowest BCUT2D eigenvalue weighted by molar-refractivity contribution is -0.384. The zero-order valence-electron chi connectivity index (χ0n) is 69.6. The van der Waals surface area contributed by atoms with Gasteiger partial charge in [0.05, 0.1) is 49.6 Å². The first kappa shape index (κ1) is 91.2. The van der Waals surface area contributed by atoms with Crippen LogP contribution in [0, 0.1) is 28.4 Å². The number of carbonyl (C=O) groups excluding carboxylic acids is 5. The van der Waals surface area contributed by atoms with E-state index in [0.29, 0.717) is 132 Å². The molecule has 10 aromatic carbocycles. The molecule has 5 aromatic heterocycles. The molecule has 0 radical (unpaired) electrons. The number of aromatic nitrogens is 15. The fourth-order valence-corrected chi connectivity index (χ4v) is 11.8. The molecule has 0 saturated heterocycles. The first-order chi connectivity index (χ1) is 60.7. The SMILES string of the molecule is C=C(C)C(=O)OCCc1ccc(O)c(-n2nc3ccc(C#N)cc3n2)c1.C=C(C)C(=O)OCCc1ccc(O)c(-n2nc3ccc(C)cc3n2)c1.C=C(C)C(=O)OCCc1ccc(O)c(-n2nc3ccc(Cl)cc3n2)c1.C=C(C)C(=O)OCCc1ccc(O)c(-n2nc3ccc([N+](=O)[O-])cc3n2)c1.C=C(C)C(=O)OCCc1ccc(O)c(-n2nc3ccccc3n2)c1. The summed E-state index contributed by atoms with van der Waals surface area (Å²) in [4.78, 5) is 74.1.